The molecule has 0 saturated heterocycles. The van der Waals surface area contributed by atoms with Gasteiger partial charge in [-0.2, -0.15) is 0 Å². The fourth-order valence-electron chi connectivity index (χ4n) is 3.93. The molecule has 6 N–H and O–H groups in total. The largest absolute Gasteiger partial charge is 0.508 e. The number of carbonyl (C=O) groups excluding carboxylic acids is 1. The Labute approximate surface area is 188 Å². The maximum absolute atomic E-state index is 16.6. The summed E-state index contributed by atoms with van der Waals surface area (Å²) in [7, 11) is 1.28. The fraction of sp³-hybridized carbons (Fsp3) is 0.208. The summed E-state index contributed by atoms with van der Waals surface area (Å²) < 4.78 is 21.3. The second-order valence-corrected chi connectivity index (χ2v) is 7.84. The van der Waals surface area contributed by atoms with Gasteiger partial charge in [0, 0.05) is 23.1 Å². The molecule has 8 nitrogen and oxygen atoms in total. The molecule has 0 amide bonds. The molecule has 1 aliphatic rings. The maximum Gasteiger partial charge on any atom is 0.305 e. The molecule has 170 valence electrons. The average molecular weight is 450 g/mol. The van der Waals surface area contributed by atoms with Gasteiger partial charge in [-0.15, -0.1) is 0 Å². The number of amidine groups is 1. The minimum Gasteiger partial charge on any atom is -0.508 e. The predicted molar refractivity (Wildman–Crippen MR) is 122 cm³/mol. The van der Waals surface area contributed by atoms with E-state index in [1.165, 1.54) is 19.3 Å². The summed E-state index contributed by atoms with van der Waals surface area (Å²) in [6, 6.07) is 11.1. The number of aromatic hydroxyl groups is 1. The van der Waals surface area contributed by atoms with Crippen molar-refractivity contribution in [2.75, 3.05) is 7.11 Å². The molecule has 1 unspecified atom stereocenters. The van der Waals surface area contributed by atoms with Crippen molar-refractivity contribution in [3.63, 3.8) is 0 Å². The standard InChI is InChI=1S/C24H23FN4O4/c1-33-20(31)9-6-13-10-16(15-4-2-3-5-19(15)30)21(32)24(25,12-13)23-28-17-8-7-14(22(26)27)11-18(17)29-23/h2-5,7-8,11-12,30,32H,6,9-10H2,1H3,(H3,26,27)(H,28,29). The molecule has 9 heteroatoms. The van der Waals surface area contributed by atoms with Crippen LogP contribution in [0.15, 0.2) is 59.9 Å². The number of carbonyl (C=O) groups is 1. The molecular weight excluding hydrogens is 427 g/mol. The lowest BCUT2D eigenvalue weighted by Gasteiger charge is -2.29. The van der Waals surface area contributed by atoms with E-state index in [0.29, 0.717) is 22.2 Å². The molecule has 33 heavy (non-hydrogen) atoms. The zero-order valence-corrected chi connectivity index (χ0v) is 17.9. The summed E-state index contributed by atoms with van der Waals surface area (Å²) >= 11 is 0. The lowest BCUT2D eigenvalue weighted by molar-refractivity contribution is -0.140. The van der Waals surface area contributed by atoms with Gasteiger partial charge in [0.2, 0.25) is 5.67 Å². The molecule has 4 rings (SSSR count). The zero-order valence-electron chi connectivity index (χ0n) is 17.9. The highest BCUT2D eigenvalue weighted by Crippen LogP contribution is 2.46. The number of aromatic amines is 1. The number of nitrogen functional groups attached to an aromatic ring is 1. The summed E-state index contributed by atoms with van der Waals surface area (Å²) in [5.74, 6) is -1.46. The van der Waals surface area contributed by atoms with E-state index in [9.17, 15) is 15.0 Å². The first kappa shape index (κ1) is 22.1. The highest BCUT2D eigenvalue weighted by atomic mass is 19.1. The number of esters is 1. The zero-order chi connectivity index (χ0) is 23.8. The van der Waals surface area contributed by atoms with Gasteiger partial charge in [0.05, 0.1) is 18.1 Å². The van der Waals surface area contributed by atoms with E-state index in [0.717, 1.165) is 0 Å². The van der Waals surface area contributed by atoms with E-state index >= 15 is 4.39 Å². The first-order valence-corrected chi connectivity index (χ1v) is 10.2. The van der Waals surface area contributed by atoms with Crippen LogP contribution in [0.25, 0.3) is 16.6 Å². The normalized spacial score (nSPS) is 18.3. The quantitative estimate of drug-likeness (QED) is 0.166. The highest BCUT2D eigenvalue weighted by Gasteiger charge is 2.43. The summed E-state index contributed by atoms with van der Waals surface area (Å²) in [4.78, 5) is 18.9. The number of hydrogen-bond acceptors (Lipinski definition) is 6. The Morgan fingerprint density at radius 3 is 2.76 bits per heavy atom. The maximum atomic E-state index is 16.6. The van der Waals surface area contributed by atoms with Crippen LogP contribution >= 0.6 is 0 Å². The van der Waals surface area contributed by atoms with Crippen molar-refractivity contribution in [1.29, 1.82) is 5.41 Å². The Morgan fingerprint density at radius 2 is 2.06 bits per heavy atom. The van der Waals surface area contributed by atoms with Crippen LogP contribution in [0.4, 0.5) is 4.39 Å². The minimum absolute atomic E-state index is 0.0370. The molecule has 0 saturated carbocycles. The van der Waals surface area contributed by atoms with Gasteiger partial charge in [0.25, 0.3) is 0 Å². The number of rotatable bonds is 6. The van der Waals surface area contributed by atoms with E-state index in [2.05, 4.69) is 9.97 Å². The Balaban J connectivity index is 1.85. The summed E-state index contributed by atoms with van der Waals surface area (Å²) in [5, 5.41) is 29.0. The number of alkyl halides is 1. The summed E-state index contributed by atoms with van der Waals surface area (Å²) in [5.41, 5.74) is 5.35. The third kappa shape index (κ3) is 4.05. The number of aromatic nitrogens is 2. The van der Waals surface area contributed by atoms with Crippen molar-refractivity contribution in [3.8, 4) is 5.75 Å². The van der Waals surface area contributed by atoms with Crippen LogP contribution in [0.3, 0.4) is 0 Å². The van der Waals surface area contributed by atoms with Gasteiger partial charge in [-0.05, 0) is 43.2 Å². The van der Waals surface area contributed by atoms with E-state index < -0.39 is 17.4 Å². The van der Waals surface area contributed by atoms with E-state index in [1.807, 2.05) is 0 Å². The molecule has 1 heterocycles. The van der Waals surface area contributed by atoms with Gasteiger partial charge in [-0.25, -0.2) is 9.37 Å². The van der Waals surface area contributed by atoms with Crippen molar-refractivity contribution >= 4 is 28.4 Å². The van der Waals surface area contributed by atoms with Crippen LogP contribution in [-0.2, 0) is 15.2 Å². The molecule has 2 aromatic carbocycles. The minimum atomic E-state index is -2.53. The number of fused-ring (bicyclic) bond motifs is 1. The average Bonchev–Trinajstić information content (AvgIpc) is 3.24. The van der Waals surface area contributed by atoms with Crippen LogP contribution in [0.5, 0.6) is 5.75 Å². The number of para-hydroxylation sites is 1. The molecule has 0 spiro atoms. The van der Waals surface area contributed by atoms with Crippen LogP contribution in [0, 0.1) is 5.41 Å². The van der Waals surface area contributed by atoms with Crippen molar-refractivity contribution in [2.45, 2.75) is 24.9 Å². The third-order valence-corrected chi connectivity index (χ3v) is 5.68. The van der Waals surface area contributed by atoms with Crippen molar-refractivity contribution < 1.29 is 24.1 Å². The van der Waals surface area contributed by atoms with Crippen molar-refractivity contribution in [3.05, 3.63) is 76.8 Å². The lowest BCUT2D eigenvalue weighted by Crippen LogP contribution is -2.27. The first-order valence-electron chi connectivity index (χ1n) is 10.2. The second-order valence-electron chi connectivity index (χ2n) is 7.84. The van der Waals surface area contributed by atoms with E-state index in [4.69, 9.17) is 15.9 Å². The number of nitrogens with two attached hydrogens (primary N) is 1. The van der Waals surface area contributed by atoms with Crippen LogP contribution in [0.1, 0.15) is 36.2 Å². The van der Waals surface area contributed by atoms with Crippen molar-refractivity contribution in [1.82, 2.24) is 9.97 Å². The number of H-pyrrole nitrogens is 1. The van der Waals surface area contributed by atoms with Crippen LogP contribution < -0.4 is 5.73 Å². The molecule has 1 aliphatic carbocycles. The topological polar surface area (TPSA) is 145 Å². The molecule has 0 aliphatic heterocycles. The highest BCUT2D eigenvalue weighted by molar-refractivity contribution is 5.98. The van der Waals surface area contributed by atoms with E-state index in [-0.39, 0.29) is 47.8 Å². The van der Waals surface area contributed by atoms with E-state index in [1.54, 1.807) is 36.4 Å². The number of ether oxygens (including phenoxy) is 1. The second kappa shape index (κ2) is 8.42. The fourth-order valence-corrected chi connectivity index (χ4v) is 3.93. The Kier molecular flexibility index (Phi) is 5.63. The molecule has 0 radical (unpaired) electrons. The van der Waals surface area contributed by atoms with Crippen molar-refractivity contribution in [2.24, 2.45) is 5.73 Å². The van der Waals surface area contributed by atoms with Crippen LogP contribution in [0.2, 0.25) is 0 Å². The number of halogens is 1. The lowest BCUT2D eigenvalue weighted by atomic mass is 9.82. The molecule has 0 bridgehead atoms. The monoisotopic (exact) mass is 450 g/mol. The SMILES string of the molecule is COC(=O)CCC1=CC(F)(c2nc3cc(C(=N)N)ccc3[nH]2)C(O)=C(c2ccccc2O)C1. The molecule has 3 aromatic rings. The molecule has 1 atom stereocenters. The van der Waals surface area contributed by atoms with Gasteiger partial charge >= 0.3 is 5.97 Å². The first-order chi connectivity index (χ1) is 15.7. The number of nitrogens with zero attached hydrogens (tertiary/aromatic N) is 1. The smallest absolute Gasteiger partial charge is 0.305 e. The number of phenolic OH excluding ortho intramolecular Hbond substituents is 1. The Bertz CT molecular complexity index is 1330. The number of allylic oxidation sites excluding steroid dienone is 3. The number of aliphatic hydroxyl groups is 1. The number of methoxy groups -OCH3 is 1. The molecule has 0 fully saturated rings. The van der Waals surface area contributed by atoms with Gasteiger partial charge in [-0.3, -0.25) is 10.2 Å². The number of nitrogens with one attached hydrogen (secondary N) is 2. The summed E-state index contributed by atoms with van der Waals surface area (Å²) in [6.07, 6.45) is 1.63. The van der Waals surface area contributed by atoms with Crippen LogP contribution in [-0.4, -0.2) is 39.1 Å². The number of phenols is 1. The Morgan fingerprint density at radius 1 is 1.30 bits per heavy atom. The molecular formula is C24H23FN4O4. The predicted octanol–water partition coefficient (Wildman–Crippen LogP) is 3.97. The number of benzene rings is 2. The number of imidazole rings is 1. The summed E-state index contributed by atoms with van der Waals surface area (Å²) in [6.45, 7) is 0. The molecule has 1 aromatic heterocycles. The number of aliphatic hydroxyl groups excluding tert-OH is 1. The number of hydrogen-bond donors (Lipinski definition) is 5. The van der Waals surface area contributed by atoms with Gasteiger partial charge in [0.1, 0.15) is 17.3 Å². The Hall–Kier alpha value is -4.14. The van der Waals surface area contributed by atoms with Gasteiger partial charge in [-0.1, -0.05) is 23.8 Å². The third-order valence-electron chi connectivity index (χ3n) is 5.68. The van der Waals surface area contributed by atoms with Gasteiger partial charge in [0.15, 0.2) is 5.82 Å². The van der Waals surface area contributed by atoms with Gasteiger partial charge < -0.3 is 25.7 Å².